The molecule has 2 N–H and O–H groups in total. The molecule has 2 aromatic carbocycles. The lowest BCUT2D eigenvalue weighted by Crippen LogP contribution is -2.24. The highest BCUT2D eigenvalue weighted by atomic mass is 32.2. The Hall–Kier alpha value is -2.60. The third-order valence-corrected chi connectivity index (χ3v) is 3.88. The van der Waals surface area contributed by atoms with Gasteiger partial charge in [-0.3, -0.25) is 9.52 Å². The van der Waals surface area contributed by atoms with E-state index in [4.69, 9.17) is 0 Å². The maximum absolute atomic E-state index is 12.0. The second-order valence-electron chi connectivity index (χ2n) is 5.47. The number of sulfonamides is 1. The summed E-state index contributed by atoms with van der Waals surface area (Å²) in [6.07, 6.45) is 4.31. The zero-order chi connectivity index (χ0) is 17.6. The van der Waals surface area contributed by atoms with Crippen LogP contribution in [-0.2, 0) is 14.8 Å². The number of amides is 1. The molecule has 0 aromatic heterocycles. The lowest BCUT2D eigenvalue weighted by Gasteiger charge is -2.14. The predicted molar refractivity (Wildman–Crippen MR) is 96.9 cm³/mol. The van der Waals surface area contributed by atoms with Crippen molar-refractivity contribution in [2.75, 3.05) is 11.0 Å². The van der Waals surface area contributed by atoms with Crippen LogP contribution in [-0.4, -0.2) is 20.6 Å². The monoisotopic (exact) mass is 344 g/mol. The summed E-state index contributed by atoms with van der Waals surface area (Å²) >= 11 is 0. The molecule has 2 aromatic rings. The van der Waals surface area contributed by atoms with Gasteiger partial charge in [0.05, 0.1) is 12.3 Å². The summed E-state index contributed by atoms with van der Waals surface area (Å²) in [5.74, 6) is -0.215. The van der Waals surface area contributed by atoms with Gasteiger partial charge in [-0.15, -0.1) is 0 Å². The molecular weight excluding hydrogens is 324 g/mol. The highest BCUT2D eigenvalue weighted by molar-refractivity contribution is 7.92. The first kappa shape index (κ1) is 17.7. The van der Waals surface area contributed by atoms with Crippen molar-refractivity contribution in [1.29, 1.82) is 0 Å². The fraction of sp³-hybridized carbons (Fsp3) is 0.167. The van der Waals surface area contributed by atoms with Gasteiger partial charge in [0.25, 0.3) is 0 Å². The Bertz CT molecular complexity index is 830. The highest BCUT2D eigenvalue weighted by Gasteiger charge is 2.09. The second-order valence-corrected chi connectivity index (χ2v) is 7.22. The summed E-state index contributed by atoms with van der Waals surface area (Å²) in [4.78, 5) is 12.0. The first-order chi connectivity index (χ1) is 11.3. The van der Waals surface area contributed by atoms with Crippen LogP contribution in [0, 0.1) is 0 Å². The van der Waals surface area contributed by atoms with E-state index in [1.165, 1.54) is 6.08 Å². The molecule has 24 heavy (non-hydrogen) atoms. The summed E-state index contributed by atoms with van der Waals surface area (Å²) in [6.45, 7) is 1.84. The Morgan fingerprint density at radius 2 is 1.79 bits per heavy atom. The lowest BCUT2D eigenvalue weighted by atomic mass is 10.1. The summed E-state index contributed by atoms with van der Waals surface area (Å²) in [7, 11) is -3.33. The molecule has 1 amide bonds. The molecule has 5 nitrogen and oxygen atoms in total. The maximum atomic E-state index is 12.0. The number of benzene rings is 2. The van der Waals surface area contributed by atoms with Gasteiger partial charge in [0.1, 0.15) is 0 Å². The molecule has 0 saturated carbocycles. The van der Waals surface area contributed by atoms with E-state index in [0.717, 1.165) is 17.4 Å². The Morgan fingerprint density at radius 1 is 1.08 bits per heavy atom. The van der Waals surface area contributed by atoms with Gasteiger partial charge in [-0.25, -0.2) is 8.42 Å². The number of anilines is 1. The van der Waals surface area contributed by atoms with E-state index in [1.54, 1.807) is 24.3 Å². The van der Waals surface area contributed by atoms with Crippen LogP contribution in [0.15, 0.2) is 60.7 Å². The van der Waals surface area contributed by atoms with Gasteiger partial charge >= 0.3 is 0 Å². The van der Waals surface area contributed by atoms with Crippen LogP contribution in [0.3, 0.4) is 0 Å². The predicted octanol–water partition coefficient (Wildman–Crippen LogP) is 2.95. The average Bonchev–Trinajstić information content (AvgIpc) is 2.52. The van der Waals surface area contributed by atoms with Gasteiger partial charge in [-0.05, 0) is 36.3 Å². The Kier molecular flexibility index (Phi) is 5.76. The van der Waals surface area contributed by atoms with E-state index in [1.807, 2.05) is 43.3 Å². The van der Waals surface area contributed by atoms with Crippen LogP contribution in [0.25, 0.3) is 6.08 Å². The standard InChI is InChI=1S/C18H20N2O3S/c1-14(16-9-6-10-17(13-16)20-24(2,22)23)19-18(21)12-11-15-7-4-3-5-8-15/h3-14,20H,1-2H3,(H,19,21)/b12-11+/t14-/m1/s1. The summed E-state index contributed by atoms with van der Waals surface area (Å²) in [5, 5.41) is 2.85. The highest BCUT2D eigenvalue weighted by Crippen LogP contribution is 2.18. The third kappa shape index (κ3) is 5.89. The van der Waals surface area contributed by atoms with Crippen molar-refractivity contribution in [2.45, 2.75) is 13.0 Å². The van der Waals surface area contributed by atoms with Gasteiger partial charge in [-0.2, -0.15) is 0 Å². The van der Waals surface area contributed by atoms with E-state index in [-0.39, 0.29) is 11.9 Å². The minimum Gasteiger partial charge on any atom is -0.346 e. The van der Waals surface area contributed by atoms with Crippen molar-refractivity contribution in [2.24, 2.45) is 0 Å². The number of hydrogen-bond acceptors (Lipinski definition) is 3. The molecule has 0 heterocycles. The smallest absolute Gasteiger partial charge is 0.244 e. The molecule has 6 heteroatoms. The largest absolute Gasteiger partial charge is 0.346 e. The van der Waals surface area contributed by atoms with Crippen LogP contribution in [0.4, 0.5) is 5.69 Å². The molecule has 0 fully saturated rings. The summed E-state index contributed by atoms with van der Waals surface area (Å²) < 4.78 is 25.0. The fourth-order valence-corrected chi connectivity index (χ4v) is 2.72. The number of rotatable bonds is 6. The summed E-state index contributed by atoms with van der Waals surface area (Å²) in [5.41, 5.74) is 2.22. The van der Waals surface area contributed by atoms with E-state index < -0.39 is 10.0 Å². The van der Waals surface area contributed by atoms with Crippen molar-refractivity contribution in [3.63, 3.8) is 0 Å². The van der Waals surface area contributed by atoms with E-state index in [0.29, 0.717) is 5.69 Å². The molecule has 0 bridgehead atoms. The number of carbonyl (C=O) groups excluding carboxylic acids is 1. The molecule has 2 rings (SSSR count). The van der Waals surface area contributed by atoms with Crippen LogP contribution in [0.2, 0.25) is 0 Å². The van der Waals surface area contributed by atoms with Crippen LogP contribution < -0.4 is 10.0 Å². The van der Waals surface area contributed by atoms with Gasteiger partial charge in [-0.1, -0.05) is 42.5 Å². The van der Waals surface area contributed by atoms with E-state index >= 15 is 0 Å². The van der Waals surface area contributed by atoms with Gasteiger partial charge in [0.2, 0.25) is 15.9 Å². The molecule has 0 unspecified atom stereocenters. The first-order valence-corrected chi connectivity index (χ1v) is 9.34. The number of nitrogens with one attached hydrogen (secondary N) is 2. The zero-order valence-electron chi connectivity index (χ0n) is 13.6. The molecule has 1 atom stereocenters. The van der Waals surface area contributed by atoms with Crippen LogP contribution in [0.5, 0.6) is 0 Å². The van der Waals surface area contributed by atoms with Gasteiger partial charge in [0.15, 0.2) is 0 Å². The molecule has 0 saturated heterocycles. The Morgan fingerprint density at radius 3 is 2.46 bits per heavy atom. The van der Waals surface area contributed by atoms with E-state index in [2.05, 4.69) is 10.0 Å². The van der Waals surface area contributed by atoms with Gasteiger partial charge < -0.3 is 5.32 Å². The lowest BCUT2D eigenvalue weighted by molar-refractivity contribution is -0.117. The van der Waals surface area contributed by atoms with Crippen molar-refractivity contribution < 1.29 is 13.2 Å². The second kappa shape index (κ2) is 7.79. The summed E-state index contributed by atoms with van der Waals surface area (Å²) in [6, 6.07) is 16.2. The normalized spacial score (nSPS) is 12.8. The van der Waals surface area contributed by atoms with Crippen LogP contribution >= 0.6 is 0 Å². The quantitative estimate of drug-likeness (QED) is 0.791. The Labute approximate surface area is 142 Å². The molecule has 0 spiro atoms. The fourth-order valence-electron chi connectivity index (χ4n) is 2.17. The van der Waals surface area contributed by atoms with Crippen molar-refractivity contribution in [3.05, 3.63) is 71.8 Å². The molecule has 0 aliphatic heterocycles. The Balaban J connectivity index is 2.01. The SMILES string of the molecule is C[C@@H](NC(=O)/C=C/c1ccccc1)c1cccc(NS(C)(=O)=O)c1. The molecular formula is C18H20N2O3S. The molecule has 0 aliphatic carbocycles. The number of carbonyl (C=O) groups is 1. The average molecular weight is 344 g/mol. The van der Waals surface area contributed by atoms with Crippen molar-refractivity contribution in [1.82, 2.24) is 5.32 Å². The van der Waals surface area contributed by atoms with Crippen molar-refractivity contribution in [3.8, 4) is 0 Å². The topological polar surface area (TPSA) is 75.3 Å². The zero-order valence-corrected chi connectivity index (χ0v) is 14.4. The van der Waals surface area contributed by atoms with E-state index in [9.17, 15) is 13.2 Å². The van der Waals surface area contributed by atoms with Crippen molar-refractivity contribution >= 4 is 27.7 Å². The maximum Gasteiger partial charge on any atom is 0.244 e. The molecule has 0 radical (unpaired) electrons. The molecule has 0 aliphatic rings. The minimum atomic E-state index is -3.33. The van der Waals surface area contributed by atoms with Gasteiger partial charge in [0, 0.05) is 11.8 Å². The van der Waals surface area contributed by atoms with Crippen LogP contribution in [0.1, 0.15) is 24.1 Å². The molecule has 126 valence electrons. The number of hydrogen-bond donors (Lipinski definition) is 2. The first-order valence-electron chi connectivity index (χ1n) is 7.45. The minimum absolute atomic E-state index is 0.215. The third-order valence-electron chi connectivity index (χ3n) is 3.28.